The lowest BCUT2D eigenvalue weighted by molar-refractivity contribution is 0.104. The molecule has 0 spiro atoms. The Bertz CT molecular complexity index is 768. The molecule has 1 aromatic heterocycles. The van der Waals surface area contributed by atoms with Crippen LogP contribution in [-0.4, -0.2) is 20.0 Å². The average molecular weight is 313 g/mol. The predicted molar refractivity (Wildman–Crippen MR) is 86.5 cm³/mol. The van der Waals surface area contributed by atoms with Crippen LogP contribution in [0.2, 0.25) is 0 Å². The lowest BCUT2D eigenvalue weighted by atomic mass is 10.0. The quantitative estimate of drug-likeness (QED) is 0.478. The topological polar surface area (TPSA) is 59.3 Å². The van der Waals surface area contributed by atoms with Crippen LogP contribution in [0.4, 0.5) is 0 Å². The first kappa shape index (κ1) is 15.8. The van der Waals surface area contributed by atoms with Gasteiger partial charge in [-0.3, -0.25) is 4.79 Å². The van der Waals surface area contributed by atoms with Gasteiger partial charge in [-0.1, -0.05) is 12.1 Å². The van der Waals surface area contributed by atoms with Crippen molar-refractivity contribution < 1.29 is 14.3 Å². The fraction of sp³-hybridized carbons (Fsp3) is 0.176. The summed E-state index contributed by atoms with van der Waals surface area (Å²) in [4.78, 5) is 13.0. The molecule has 1 heterocycles. The number of Topliss-reactive ketones (excluding diaryl/α,β-unsaturated/α-hetero) is 1. The zero-order valence-electron chi connectivity index (χ0n) is 12.5. The second kappa shape index (κ2) is 6.92. The Labute approximate surface area is 133 Å². The van der Waals surface area contributed by atoms with Gasteiger partial charge in [-0.2, -0.15) is 5.26 Å². The van der Waals surface area contributed by atoms with Crippen LogP contribution in [0.25, 0.3) is 6.08 Å². The van der Waals surface area contributed by atoms with E-state index in [1.165, 1.54) is 31.6 Å². The van der Waals surface area contributed by atoms with Gasteiger partial charge in [0.05, 0.1) is 19.1 Å². The third-order valence-corrected chi connectivity index (χ3v) is 4.18. The molecule has 0 aliphatic carbocycles. The van der Waals surface area contributed by atoms with E-state index in [2.05, 4.69) is 0 Å². The molecular weight excluding hydrogens is 298 g/mol. The van der Waals surface area contributed by atoms with Crippen LogP contribution >= 0.6 is 11.3 Å². The minimum absolute atomic E-state index is 0.0668. The lowest BCUT2D eigenvalue weighted by Crippen LogP contribution is -2.01. The van der Waals surface area contributed by atoms with E-state index in [4.69, 9.17) is 9.47 Å². The molecule has 4 nitrogen and oxygen atoms in total. The number of allylic oxidation sites excluding steroid dienone is 1. The Morgan fingerprint density at radius 3 is 2.59 bits per heavy atom. The minimum atomic E-state index is -0.278. The first-order chi connectivity index (χ1) is 10.6. The van der Waals surface area contributed by atoms with E-state index in [1.807, 2.05) is 24.4 Å². The van der Waals surface area contributed by atoms with Crippen LogP contribution in [0.3, 0.4) is 0 Å². The van der Waals surface area contributed by atoms with Crippen LogP contribution in [0.5, 0.6) is 11.5 Å². The lowest BCUT2D eigenvalue weighted by Gasteiger charge is -2.10. The third-order valence-electron chi connectivity index (χ3n) is 3.17. The van der Waals surface area contributed by atoms with Crippen molar-refractivity contribution in [3.05, 3.63) is 51.2 Å². The molecule has 0 amide bonds. The van der Waals surface area contributed by atoms with Crippen LogP contribution in [0.1, 0.15) is 20.8 Å². The third kappa shape index (κ3) is 3.02. The highest BCUT2D eigenvalue weighted by atomic mass is 32.1. The number of nitrogens with zero attached hydrogens (tertiary/aromatic N) is 1. The van der Waals surface area contributed by atoms with Crippen LogP contribution in [0, 0.1) is 18.3 Å². The zero-order valence-corrected chi connectivity index (χ0v) is 13.4. The molecule has 0 atom stereocenters. The van der Waals surface area contributed by atoms with E-state index in [1.54, 1.807) is 18.2 Å². The molecule has 1 aromatic carbocycles. The highest BCUT2D eigenvalue weighted by Crippen LogP contribution is 2.32. The van der Waals surface area contributed by atoms with Crippen LogP contribution in [0.15, 0.2) is 35.2 Å². The van der Waals surface area contributed by atoms with Gasteiger partial charge in [0.2, 0.25) is 5.78 Å². The SMILES string of the molecule is COc1cccc(/C=C(\C#N)C(=O)c2sccc2C)c1OC. The standard InChI is InChI=1S/C17H15NO3S/c1-11-7-8-22-17(11)15(19)13(10-18)9-12-5-4-6-14(20-2)16(12)21-3/h4-9H,1-3H3/b13-9+. The monoisotopic (exact) mass is 313 g/mol. The summed E-state index contributed by atoms with van der Waals surface area (Å²) in [6.07, 6.45) is 1.53. The molecule has 0 fully saturated rings. The van der Waals surface area contributed by atoms with E-state index >= 15 is 0 Å². The number of ether oxygens (including phenoxy) is 2. The largest absolute Gasteiger partial charge is 0.493 e. The number of carbonyl (C=O) groups excluding carboxylic acids is 1. The van der Waals surface area contributed by atoms with Gasteiger partial charge in [0.15, 0.2) is 11.5 Å². The summed E-state index contributed by atoms with van der Waals surface area (Å²) >= 11 is 1.33. The van der Waals surface area contributed by atoms with Gasteiger partial charge in [0.25, 0.3) is 0 Å². The summed E-state index contributed by atoms with van der Waals surface area (Å²) < 4.78 is 10.5. The van der Waals surface area contributed by atoms with Gasteiger partial charge >= 0.3 is 0 Å². The molecule has 2 aromatic rings. The molecule has 2 rings (SSSR count). The Balaban J connectivity index is 2.49. The van der Waals surface area contributed by atoms with E-state index in [-0.39, 0.29) is 11.4 Å². The van der Waals surface area contributed by atoms with Crippen molar-refractivity contribution in [3.63, 3.8) is 0 Å². The first-order valence-electron chi connectivity index (χ1n) is 6.54. The van der Waals surface area contributed by atoms with Crippen molar-refractivity contribution in [2.75, 3.05) is 14.2 Å². The van der Waals surface area contributed by atoms with Crippen LogP contribution in [-0.2, 0) is 0 Å². The number of hydrogen-bond acceptors (Lipinski definition) is 5. The molecule has 0 aliphatic heterocycles. The molecule has 0 radical (unpaired) electrons. The number of thiophene rings is 1. The summed E-state index contributed by atoms with van der Waals surface area (Å²) in [5.41, 5.74) is 1.56. The molecule has 5 heteroatoms. The first-order valence-corrected chi connectivity index (χ1v) is 7.42. The van der Waals surface area contributed by atoms with Gasteiger partial charge < -0.3 is 9.47 Å². The highest BCUT2D eigenvalue weighted by Gasteiger charge is 2.17. The van der Waals surface area contributed by atoms with Gasteiger partial charge in [-0.25, -0.2) is 0 Å². The van der Waals surface area contributed by atoms with Crippen molar-refractivity contribution in [3.8, 4) is 17.6 Å². The Hall–Kier alpha value is -2.58. The molecule has 0 saturated carbocycles. The number of methoxy groups -OCH3 is 2. The Morgan fingerprint density at radius 2 is 2.05 bits per heavy atom. The minimum Gasteiger partial charge on any atom is -0.493 e. The van der Waals surface area contributed by atoms with Crippen molar-refractivity contribution >= 4 is 23.2 Å². The van der Waals surface area contributed by atoms with E-state index in [0.29, 0.717) is 21.9 Å². The molecule has 22 heavy (non-hydrogen) atoms. The van der Waals surface area contributed by atoms with Crippen molar-refractivity contribution in [2.24, 2.45) is 0 Å². The Morgan fingerprint density at radius 1 is 1.27 bits per heavy atom. The number of aryl methyl sites for hydroxylation is 1. The van der Waals surface area contributed by atoms with Gasteiger partial charge in [-0.05, 0) is 36.1 Å². The highest BCUT2D eigenvalue weighted by molar-refractivity contribution is 7.12. The maximum Gasteiger partial charge on any atom is 0.213 e. The number of benzene rings is 1. The van der Waals surface area contributed by atoms with Crippen molar-refractivity contribution in [2.45, 2.75) is 6.92 Å². The summed E-state index contributed by atoms with van der Waals surface area (Å²) in [5.74, 6) is 0.765. The maximum atomic E-state index is 12.5. The van der Waals surface area contributed by atoms with Gasteiger partial charge in [0.1, 0.15) is 11.6 Å². The number of rotatable bonds is 5. The second-order valence-corrected chi connectivity index (χ2v) is 5.43. The van der Waals surface area contributed by atoms with Crippen molar-refractivity contribution in [1.82, 2.24) is 0 Å². The normalized spacial score (nSPS) is 10.9. The molecule has 0 unspecified atom stereocenters. The summed E-state index contributed by atoms with van der Waals surface area (Å²) in [7, 11) is 3.06. The fourth-order valence-electron chi connectivity index (χ4n) is 2.06. The number of hydrogen-bond donors (Lipinski definition) is 0. The number of ketones is 1. The molecular formula is C17H15NO3S. The summed E-state index contributed by atoms with van der Waals surface area (Å²) in [6, 6.07) is 9.15. The van der Waals surface area contributed by atoms with Crippen molar-refractivity contribution in [1.29, 1.82) is 5.26 Å². The number of para-hydroxylation sites is 1. The van der Waals surface area contributed by atoms with E-state index in [9.17, 15) is 10.1 Å². The zero-order chi connectivity index (χ0) is 16.1. The summed E-state index contributed by atoms with van der Waals surface area (Å²) in [5, 5.41) is 11.2. The maximum absolute atomic E-state index is 12.5. The van der Waals surface area contributed by atoms with E-state index in [0.717, 1.165) is 5.56 Å². The van der Waals surface area contributed by atoms with Gasteiger partial charge in [0, 0.05) is 5.56 Å². The molecule has 0 saturated heterocycles. The average Bonchev–Trinajstić information content (AvgIpc) is 2.97. The smallest absolute Gasteiger partial charge is 0.213 e. The molecule has 112 valence electrons. The Kier molecular flexibility index (Phi) is 4.97. The van der Waals surface area contributed by atoms with Crippen LogP contribution < -0.4 is 9.47 Å². The van der Waals surface area contributed by atoms with Gasteiger partial charge in [-0.15, -0.1) is 11.3 Å². The van der Waals surface area contributed by atoms with E-state index < -0.39 is 0 Å². The molecule has 0 N–H and O–H groups in total. The molecule has 0 bridgehead atoms. The predicted octanol–water partition coefficient (Wildman–Crippen LogP) is 3.86. The molecule has 0 aliphatic rings. The number of nitriles is 1. The number of carbonyl (C=O) groups is 1. The summed E-state index contributed by atoms with van der Waals surface area (Å²) in [6.45, 7) is 1.85. The second-order valence-electron chi connectivity index (χ2n) is 4.51. The fourth-order valence-corrected chi connectivity index (χ4v) is 2.94.